The number of aromatic nitrogens is 2. The summed E-state index contributed by atoms with van der Waals surface area (Å²) < 4.78 is 26.1. The zero-order valence-electron chi connectivity index (χ0n) is 17.0. The summed E-state index contributed by atoms with van der Waals surface area (Å²) in [6.45, 7) is 3.06. The fourth-order valence-corrected chi connectivity index (χ4v) is 3.83. The Hall–Kier alpha value is -3.62. The highest BCUT2D eigenvalue weighted by molar-refractivity contribution is 5.99. The SMILES string of the molecule is Cc1c(-c2cc3cc(NC(=O)OC4CCC4)ncc3c(N)c2F)cnc2c1NCCO2. The number of hydrogen-bond acceptors (Lipinski definition) is 7. The van der Waals surface area contributed by atoms with Gasteiger partial charge < -0.3 is 20.5 Å². The second-order valence-corrected chi connectivity index (χ2v) is 7.78. The van der Waals surface area contributed by atoms with Gasteiger partial charge in [-0.1, -0.05) is 0 Å². The Morgan fingerprint density at radius 3 is 2.90 bits per heavy atom. The van der Waals surface area contributed by atoms with Gasteiger partial charge in [0, 0.05) is 35.5 Å². The first-order valence-electron chi connectivity index (χ1n) is 10.2. The molecular formula is C22H22FN5O3. The maximum Gasteiger partial charge on any atom is 0.413 e. The lowest BCUT2D eigenvalue weighted by Gasteiger charge is -2.25. The minimum absolute atomic E-state index is 0.00933. The first-order chi connectivity index (χ1) is 15.0. The Balaban J connectivity index is 1.53. The van der Waals surface area contributed by atoms with Gasteiger partial charge in [0.25, 0.3) is 0 Å². The van der Waals surface area contributed by atoms with E-state index in [1.807, 2.05) is 6.92 Å². The van der Waals surface area contributed by atoms with Gasteiger partial charge in [-0.3, -0.25) is 5.32 Å². The van der Waals surface area contributed by atoms with Crippen molar-refractivity contribution in [3.8, 4) is 17.0 Å². The summed E-state index contributed by atoms with van der Waals surface area (Å²) in [7, 11) is 0. The van der Waals surface area contributed by atoms with Crippen LogP contribution >= 0.6 is 0 Å². The number of rotatable bonds is 3. The molecule has 4 N–H and O–H groups in total. The molecule has 0 radical (unpaired) electrons. The third-order valence-electron chi connectivity index (χ3n) is 5.79. The molecule has 1 amide bonds. The van der Waals surface area contributed by atoms with Crippen molar-refractivity contribution in [3.63, 3.8) is 0 Å². The van der Waals surface area contributed by atoms with Crippen LogP contribution in [0.15, 0.2) is 24.5 Å². The summed E-state index contributed by atoms with van der Waals surface area (Å²) in [5, 5.41) is 6.99. The first kappa shape index (κ1) is 19.3. The van der Waals surface area contributed by atoms with Gasteiger partial charge in [0.2, 0.25) is 5.88 Å². The van der Waals surface area contributed by atoms with Gasteiger partial charge in [-0.05, 0) is 49.3 Å². The van der Waals surface area contributed by atoms with Crippen LogP contribution in [0.5, 0.6) is 5.88 Å². The van der Waals surface area contributed by atoms with E-state index in [0.717, 1.165) is 30.5 Å². The second-order valence-electron chi connectivity index (χ2n) is 7.78. The zero-order chi connectivity index (χ0) is 21.5. The van der Waals surface area contributed by atoms with Crippen LogP contribution in [0.4, 0.5) is 26.4 Å². The van der Waals surface area contributed by atoms with E-state index in [9.17, 15) is 4.79 Å². The molecule has 1 aliphatic heterocycles. The number of pyridine rings is 2. The molecule has 5 rings (SSSR count). The lowest BCUT2D eigenvalue weighted by Crippen LogP contribution is -2.27. The van der Waals surface area contributed by atoms with Crippen molar-refractivity contribution in [2.24, 2.45) is 0 Å². The van der Waals surface area contributed by atoms with Gasteiger partial charge in [0.05, 0.1) is 5.69 Å². The topological polar surface area (TPSA) is 111 Å². The number of hydrogen-bond donors (Lipinski definition) is 3. The Kier molecular flexibility index (Phi) is 4.72. The molecule has 8 nitrogen and oxygen atoms in total. The smallest absolute Gasteiger partial charge is 0.413 e. The van der Waals surface area contributed by atoms with Crippen LogP contribution in [0.2, 0.25) is 0 Å². The third-order valence-corrected chi connectivity index (χ3v) is 5.79. The highest BCUT2D eigenvalue weighted by atomic mass is 19.1. The van der Waals surface area contributed by atoms with Crippen LogP contribution < -0.4 is 21.1 Å². The molecule has 0 bridgehead atoms. The van der Waals surface area contributed by atoms with Crippen molar-refractivity contribution in [2.75, 3.05) is 29.5 Å². The monoisotopic (exact) mass is 423 g/mol. The Morgan fingerprint density at radius 2 is 2.13 bits per heavy atom. The number of nitrogen functional groups attached to an aromatic ring is 1. The number of fused-ring (bicyclic) bond motifs is 2. The van der Waals surface area contributed by atoms with E-state index in [4.69, 9.17) is 15.2 Å². The molecular weight excluding hydrogens is 401 g/mol. The number of ether oxygens (including phenoxy) is 2. The Labute approximate surface area is 178 Å². The van der Waals surface area contributed by atoms with E-state index in [0.29, 0.717) is 46.7 Å². The fourth-order valence-electron chi connectivity index (χ4n) is 3.83. The van der Waals surface area contributed by atoms with Crippen molar-refractivity contribution >= 4 is 34.1 Å². The number of benzene rings is 1. The number of halogens is 1. The Morgan fingerprint density at radius 1 is 1.29 bits per heavy atom. The molecule has 1 saturated carbocycles. The molecule has 160 valence electrons. The second kappa shape index (κ2) is 7.57. The van der Waals surface area contributed by atoms with Crippen molar-refractivity contribution in [1.82, 2.24) is 9.97 Å². The molecule has 31 heavy (non-hydrogen) atoms. The number of carbonyl (C=O) groups is 1. The van der Waals surface area contributed by atoms with Gasteiger partial charge in [-0.2, -0.15) is 0 Å². The van der Waals surface area contributed by atoms with E-state index in [-0.39, 0.29) is 11.8 Å². The number of nitrogens with two attached hydrogens (primary N) is 1. The minimum atomic E-state index is -0.548. The van der Waals surface area contributed by atoms with Crippen LogP contribution in [0.1, 0.15) is 24.8 Å². The summed E-state index contributed by atoms with van der Waals surface area (Å²) in [4.78, 5) is 20.6. The fraction of sp³-hybridized carbons (Fsp3) is 0.318. The van der Waals surface area contributed by atoms with Crippen molar-refractivity contribution in [2.45, 2.75) is 32.3 Å². The molecule has 1 aliphatic carbocycles. The van der Waals surface area contributed by atoms with E-state index in [1.165, 1.54) is 6.20 Å². The summed E-state index contributed by atoms with van der Waals surface area (Å²) in [5.74, 6) is 0.271. The zero-order valence-corrected chi connectivity index (χ0v) is 17.0. The molecule has 3 aromatic rings. The largest absolute Gasteiger partial charge is 0.474 e. The quantitative estimate of drug-likeness (QED) is 0.541. The van der Waals surface area contributed by atoms with Crippen LogP contribution in [0.25, 0.3) is 21.9 Å². The normalized spacial score (nSPS) is 15.4. The van der Waals surface area contributed by atoms with Gasteiger partial charge in [0.15, 0.2) is 5.82 Å². The molecule has 3 heterocycles. The predicted octanol–water partition coefficient (Wildman–Crippen LogP) is 4.23. The van der Waals surface area contributed by atoms with E-state index < -0.39 is 11.9 Å². The Bertz CT molecular complexity index is 1200. The predicted molar refractivity (Wildman–Crippen MR) is 116 cm³/mol. The average molecular weight is 423 g/mol. The molecule has 9 heteroatoms. The number of anilines is 3. The third kappa shape index (κ3) is 3.45. The minimum Gasteiger partial charge on any atom is -0.474 e. The first-order valence-corrected chi connectivity index (χ1v) is 10.2. The lowest BCUT2D eigenvalue weighted by molar-refractivity contribution is 0.0623. The van der Waals surface area contributed by atoms with Gasteiger partial charge in [-0.15, -0.1) is 0 Å². The van der Waals surface area contributed by atoms with Crippen LogP contribution in [0.3, 0.4) is 0 Å². The molecule has 0 saturated heterocycles. The summed E-state index contributed by atoms with van der Waals surface area (Å²) in [5.41, 5.74) is 8.58. The number of nitrogens with zero attached hydrogens (tertiary/aromatic N) is 2. The number of carbonyl (C=O) groups excluding carboxylic acids is 1. The van der Waals surface area contributed by atoms with Crippen molar-refractivity contribution in [3.05, 3.63) is 35.9 Å². The highest BCUT2D eigenvalue weighted by Crippen LogP contribution is 2.39. The molecule has 0 spiro atoms. The molecule has 2 aliphatic rings. The summed E-state index contributed by atoms with van der Waals surface area (Å²) >= 11 is 0. The summed E-state index contributed by atoms with van der Waals surface area (Å²) in [6.07, 6.45) is 5.28. The van der Waals surface area contributed by atoms with Gasteiger partial charge in [-0.25, -0.2) is 19.2 Å². The van der Waals surface area contributed by atoms with E-state index in [2.05, 4.69) is 20.6 Å². The highest BCUT2D eigenvalue weighted by Gasteiger charge is 2.23. The number of nitrogens with one attached hydrogen (secondary N) is 2. The van der Waals surface area contributed by atoms with E-state index >= 15 is 4.39 Å². The van der Waals surface area contributed by atoms with Crippen LogP contribution in [0, 0.1) is 12.7 Å². The maximum absolute atomic E-state index is 15.2. The van der Waals surface area contributed by atoms with Gasteiger partial charge >= 0.3 is 6.09 Å². The van der Waals surface area contributed by atoms with Crippen LogP contribution in [-0.4, -0.2) is 35.3 Å². The molecule has 1 fully saturated rings. The molecule has 0 unspecified atom stereocenters. The maximum atomic E-state index is 15.2. The standard InChI is InChI=1S/C22H22FN5O3/c1-11-15(9-27-21-20(11)25-5-6-30-21)14-7-12-8-17(26-10-16(12)19(24)18(14)23)28-22(29)31-13-3-2-4-13/h7-10,13,25H,2-6,24H2,1H3,(H,26,28,29). The molecule has 0 atom stereocenters. The van der Waals surface area contributed by atoms with Crippen LogP contribution in [-0.2, 0) is 4.74 Å². The number of amides is 1. The van der Waals surface area contributed by atoms with E-state index in [1.54, 1.807) is 18.3 Å². The molecule has 1 aromatic carbocycles. The van der Waals surface area contributed by atoms with Crippen molar-refractivity contribution in [1.29, 1.82) is 0 Å². The van der Waals surface area contributed by atoms with Crippen molar-refractivity contribution < 1.29 is 18.7 Å². The lowest BCUT2D eigenvalue weighted by atomic mass is 9.96. The summed E-state index contributed by atoms with van der Waals surface area (Å²) in [6, 6.07) is 3.34. The molecule has 2 aromatic heterocycles. The average Bonchev–Trinajstić information content (AvgIpc) is 2.74. The van der Waals surface area contributed by atoms with Gasteiger partial charge in [0.1, 0.15) is 24.2 Å².